The second kappa shape index (κ2) is 3.69. The Bertz CT molecular complexity index is 395. The van der Waals surface area contributed by atoms with E-state index in [0.29, 0.717) is 5.92 Å². The average molecular weight is 200 g/mol. The third-order valence-electron chi connectivity index (χ3n) is 3.39. The van der Waals surface area contributed by atoms with Crippen LogP contribution in [0.4, 0.5) is 0 Å². The highest BCUT2D eigenvalue weighted by atomic mass is 15.0. The van der Waals surface area contributed by atoms with Crippen molar-refractivity contribution >= 4 is 5.84 Å². The van der Waals surface area contributed by atoms with Gasteiger partial charge in [0, 0.05) is 25.4 Å². The molecule has 0 radical (unpaired) electrons. The first-order valence-corrected chi connectivity index (χ1v) is 5.78. The molecular formula is C13H16N2. The Labute approximate surface area is 90.4 Å². The van der Waals surface area contributed by atoms with Crippen LogP contribution in [-0.4, -0.2) is 18.9 Å². The summed E-state index contributed by atoms with van der Waals surface area (Å²) in [4.78, 5) is 4.43. The van der Waals surface area contributed by atoms with Crippen molar-refractivity contribution in [3.63, 3.8) is 0 Å². The lowest BCUT2D eigenvalue weighted by atomic mass is 9.77. The number of nitrogens with zero attached hydrogens (tertiary/aromatic N) is 1. The van der Waals surface area contributed by atoms with Crippen LogP contribution in [0, 0.1) is 0 Å². The molecule has 1 aromatic rings. The summed E-state index contributed by atoms with van der Waals surface area (Å²) in [6.45, 7) is 2.08. The Balaban J connectivity index is 1.59. The lowest BCUT2D eigenvalue weighted by Crippen LogP contribution is -2.32. The quantitative estimate of drug-likeness (QED) is 0.777. The van der Waals surface area contributed by atoms with Gasteiger partial charge in [0.25, 0.3) is 0 Å². The largest absolute Gasteiger partial charge is 0.373 e. The molecule has 3 rings (SSSR count). The third-order valence-corrected chi connectivity index (χ3v) is 3.39. The summed E-state index contributed by atoms with van der Waals surface area (Å²) in [6.07, 6.45) is 3.61. The molecule has 0 fully saturated rings. The van der Waals surface area contributed by atoms with Gasteiger partial charge < -0.3 is 5.32 Å². The van der Waals surface area contributed by atoms with Gasteiger partial charge in [0.1, 0.15) is 0 Å². The van der Waals surface area contributed by atoms with Crippen LogP contribution in [0.15, 0.2) is 29.3 Å². The number of fused-ring (bicyclic) bond motifs is 1. The van der Waals surface area contributed by atoms with Gasteiger partial charge in [0.15, 0.2) is 0 Å². The summed E-state index contributed by atoms with van der Waals surface area (Å²) in [5.74, 6) is 1.93. The fourth-order valence-corrected chi connectivity index (χ4v) is 2.47. The van der Waals surface area contributed by atoms with Crippen LogP contribution in [0.25, 0.3) is 0 Å². The molecule has 1 unspecified atom stereocenters. The molecule has 0 spiro atoms. The van der Waals surface area contributed by atoms with Crippen LogP contribution in [0.5, 0.6) is 0 Å². The number of hydrogen-bond acceptors (Lipinski definition) is 2. The second-order valence-electron chi connectivity index (χ2n) is 4.41. The first-order valence-electron chi connectivity index (χ1n) is 5.78. The molecule has 1 N–H and O–H groups in total. The Kier molecular flexibility index (Phi) is 2.20. The minimum atomic E-state index is 0.712. The number of benzene rings is 1. The highest BCUT2D eigenvalue weighted by Crippen LogP contribution is 2.34. The zero-order valence-corrected chi connectivity index (χ0v) is 8.87. The van der Waals surface area contributed by atoms with Gasteiger partial charge >= 0.3 is 0 Å². The van der Waals surface area contributed by atoms with Crippen LogP contribution in [-0.2, 0) is 6.42 Å². The Morgan fingerprint density at radius 1 is 1.33 bits per heavy atom. The predicted octanol–water partition coefficient (Wildman–Crippen LogP) is 2.11. The SMILES string of the molecule is c1ccc2c(c1)CC2CNC1=NCCC1. The lowest BCUT2D eigenvalue weighted by Gasteiger charge is -2.30. The monoisotopic (exact) mass is 200 g/mol. The van der Waals surface area contributed by atoms with Crippen molar-refractivity contribution in [1.82, 2.24) is 5.32 Å². The van der Waals surface area contributed by atoms with Crippen molar-refractivity contribution in [1.29, 1.82) is 0 Å². The zero-order chi connectivity index (χ0) is 10.1. The fourth-order valence-electron chi connectivity index (χ4n) is 2.47. The predicted molar refractivity (Wildman–Crippen MR) is 62.4 cm³/mol. The van der Waals surface area contributed by atoms with Gasteiger partial charge in [-0.1, -0.05) is 24.3 Å². The Hall–Kier alpha value is -1.31. The van der Waals surface area contributed by atoms with E-state index in [-0.39, 0.29) is 0 Å². The summed E-state index contributed by atoms with van der Waals surface area (Å²) in [5, 5.41) is 3.47. The summed E-state index contributed by atoms with van der Waals surface area (Å²) < 4.78 is 0. The smallest absolute Gasteiger partial charge is 0.0963 e. The minimum absolute atomic E-state index is 0.712. The van der Waals surface area contributed by atoms with Crippen LogP contribution < -0.4 is 5.32 Å². The molecule has 2 nitrogen and oxygen atoms in total. The number of aliphatic imine (C=N–C) groups is 1. The van der Waals surface area contributed by atoms with E-state index in [2.05, 4.69) is 34.6 Å². The van der Waals surface area contributed by atoms with Crippen LogP contribution in [0.3, 0.4) is 0 Å². The number of rotatable bonds is 2. The van der Waals surface area contributed by atoms with Gasteiger partial charge in [-0.2, -0.15) is 0 Å². The first kappa shape index (κ1) is 8.96. The van der Waals surface area contributed by atoms with Crippen LogP contribution in [0.2, 0.25) is 0 Å². The molecule has 1 atom stereocenters. The van der Waals surface area contributed by atoms with Gasteiger partial charge in [-0.3, -0.25) is 4.99 Å². The molecule has 0 aromatic heterocycles. The van der Waals surface area contributed by atoms with Gasteiger partial charge in [-0.05, 0) is 24.0 Å². The second-order valence-corrected chi connectivity index (χ2v) is 4.41. The van der Waals surface area contributed by atoms with Crippen molar-refractivity contribution in [3.8, 4) is 0 Å². The van der Waals surface area contributed by atoms with Crippen molar-refractivity contribution in [2.24, 2.45) is 4.99 Å². The van der Waals surface area contributed by atoms with E-state index < -0.39 is 0 Å². The molecule has 78 valence electrons. The van der Waals surface area contributed by atoms with E-state index in [1.54, 1.807) is 0 Å². The molecule has 2 aliphatic rings. The summed E-state index contributed by atoms with van der Waals surface area (Å²) in [5.41, 5.74) is 3.06. The molecule has 0 amide bonds. The summed E-state index contributed by atoms with van der Waals surface area (Å²) >= 11 is 0. The molecule has 1 aromatic carbocycles. The molecular weight excluding hydrogens is 184 g/mol. The number of amidine groups is 1. The molecule has 2 heteroatoms. The standard InChI is InChI=1S/C13H16N2/c1-2-5-12-10(4-1)8-11(12)9-15-13-6-3-7-14-13/h1-2,4-5,11H,3,6-9H2,(H,14,15). The summed E-state index contributed by atoms with van der Waals surface area (Å²) in [6, 6.07) is 8.75. The van der Waals surface area contributed by atoms with E-state index in [4.69, 9.17) is 0 Å². The topological polar surface area (TPSA) is 24.4 Å². The first-order chi connectivity index (χ1) is 7.43. The maximum atomic E-state index is 4.43. The third kappa shape index (κ3) is 1.65. The van der Waals surface area contributed by atoms with Gasteiger partial charge in [0.05, 0.1) is 5.84 Å². The van der Waals surface area contributed by atoms with Crippen LogP contribution >= 0.6 is 0 Å². The number of nitrogens with one attached hydrogen (secondary N) is 1. The molecule has 1 heterocycles. The van der Waals surface area contributed by atoms with Crippen molar-refractivity contribution in [2.75, 3.05) is 13.1 Å². The van der Waals surface area contributed by atoms with E-state index >= 15 is 0 Å². The molecule has 1 aliphatic carbocycles. The summed E-state index contributed by atoms with van der Waals surface area (Å²) in [7, 11) is 0. The van der Waals surface area contributed by atoms with Gasteiger partial charge in [-0.15, -0.1) is 0 Å². The van der Waals surface area contributed by atoms with Crippen molar-refractivity contribution in [2.45, 2.75) is 25.2 Å². The van der Waals surface area contributed by atoms with E-state index in [0.717, 1.165) is 19.5 Å². The van der Waals surface area contributed by atoms with E-state index in [1.165, 1.54) is 29.8 Å². The Morgan fingerprint density at radius 3 is 3.07 bits per heavy atom. The molecule has 0 bridgehead atoms. The molecule has 0 saturated carbocycles. The maximum absolute atomic E-state index is 4.43. The average Bonchev–Trinajstić information content (AvgIpc) is 2.72. The minimum Gasteiger partial charge on any atom is -0.373 e. The van der Waals surface area contributed by atoms with E-state index in [1.807, 2.05) is 0 Å². The van der Waals surface area contributed by atoms with Crippen molar-refractivity contribution in [3.05, 3.63) is 35.4 Å². The van der Waals surface area contributed by atoms with Crippen LogP contribution in [0.1, 0.15) is 29.9 Å². The zero-order valence-electron chi connectivity index (χ0n) is 8.87. The Morgan fingerprint density at radius 2 is 2.27 bits per heavy atom. The number of hydrogen-bond donors (Lipinski definition) is 1. The molecule has 0 saturated heterocycles. The fraction of sp³-hybridized carbons (Fsp3) is 0.462. The molecule has 15 heavy (non-hydrogen) atoms. The lowest BCUT2D eigenvalue weighted by molar-refractivity contribution is 0.588. The normalized spacial score (nSPS) is 22.9. The maximum Gasteiger partial charge on any atom is 0.0963 e. The van der Waals surface area contributed by atoms with Crippen molar-refractivity contribution < 1.29 is 0 Å². The highest BCUT2D eigenvalue weighted by Gasteiger charge is 2.25. The molecule has 1 aliphatic heterocycles. The highest BCUT2D eigenvalue weighted by molar-refractivity contribution is 5.83. The van der Waals surface area contributed by atoms with Gasteiger partial charge in [0.2, 0.25) is 0 Å². The van der Waals surface area contributed by atoms with Gasteiger partial charge in [-0.25, -0.2) is 0 Å². The van der Waals surface area contributed by atoms with E-state index in [9.17, 15) is 0 Å².